The van der Waals surface area contributed by atoms with Crippen molar-refractivity contribution in [2.75, 3.05) is 17.6 Å². The Morgan fingerprint density at radius 2 is 2.12 bits per heavy atom. The average molecular weight is 298 g/mol. The first kappa shape index (κ1) is 12.7. The maximum atomic E-state index is 5.87. The van der Waals surface area contributed by atoms with E-state index in [1.165, 1.54) is 38.5 Å². The Morgan fingerprint density at radius 1 is 1.35 bits per heavy atom. The van der Waals surface area contributed by atoms with Gasteiger partial charge in [0.1, 0.15) is 0 Å². The van der Waals surface area contributed by atoms with E-state index in [9.17, 15) is 0 Å². The Balaban J connectivity index is 1.74. The predicted molar refractivity (Wildman–Crippen MR) is 76.0 cm³/mol. The normalized spacial score (nSPS) is 16.3. The zero-order chi connectivity index (χ0) is 12.1. The van der Waals surface area contributed by atoms with Gasteiger partial charge in [0.25, 0.3) is 0 Å². The molecule has 1 aromatic heterocycles. The molecule has 0 spiro atoms. The van der Waals surface area contributed by atoms with Crippen molar-refractivity contribution in [3.8, 4) is 0 Å². The standard InChI is InChI=1S/C13H20BrN3/c14-11-8-16-9-12(15)13(11)17-7-3-6-10-4-1-2-5-10/h8-10H,1-7,15H2,(H,16,17). The van der Waals surface area contributed by atoms with Gasteiger partial charge in [-0.05, 0) is 34.7 Å². The SMILES string of the molecule is Nc1cncc(Br)c1NCCCC1CCCC1. The van der Waals surface area contributed by atoms with E-state index >= 15 is 0 Å². The summed E-state index contributed by atoms with van der Waals surface area (Å²) in [5.41, 5.74) is 7.56. The molecule has 0 bridgehead atoms. The number of rotatable bonds is 5. The van der Waals surface area contributed by atoms with Crippen LogP contribution in [0.2, 0.25) is 0 Å². The third-order valence-electron chi connectivity index (χ3n) is 3.49. The lowest BCUT2D eigenvalue weighted by atomic mass is 10.0. The fourth-order valence-corrected chi connectivity index (χ4v) is 3.03. The van der Waals surface area contributed by atoms with Crippen molar-refractivity contribution in [3.05, 3.63) is 16.9 Å². The summed E-state index contributed by atoms with van der Waals surface area (Å²) >= 11 is 3.46. The molecule has 0 aliphatic heterocycles. The first-order valence-electron chi connectivity index (χ1n) is 6.40. The number of hydrogen-bond acceptors (Lipinski definition) is 3. The zero-order valence-corrected chi connectivity index (χ0v) is 11.7. The molecular formula is C13H20BrN3. The highest BCUT2D eigenvalue weighted by molar-refractivity contribution is 9.10. The third kappa shape index (κ3) is 3.60. The topological polar surface area (TPSA) is 50.9 Å². The molecule has 0 atom stereocenters. The van der Waals surface area contributed by atoms with E-state index in [-0.39, 0.29) is 0 Å². The Labute approximate surface area is 111 Å². The highest BCUT2D eigenvalue weighted by atomic mass is 79.9. The van der Waals surface area contributed by atoms with Gasteiger partial charge in [-0.15, -0.1) is 0 Å². The number of halogens is 1. The van der Waals surface area contributed by atoms with Gasteiger partial charge in [-0.3, -0.25) is 4.98 Å². The van der Waals surface area contributed by atoms with Crippen LogP contribution in [0.15, 0.2) is 16.9 Å². The van der Waals surface area contributed by atoms with Crippen LogP contribution in [0.4, 0.5) is 11.4 Å². The lowest BCUT2D eigenvalue weighted by Crippen LogP contribution is -2.07. The van der Waals surface area contributed by atoms with E-state index in [1.807, 2.05) is 0 Å². The van der Waals surface area contributed by atoms with Crippen LogP contribution >= 0.6 is 15.9 Å². The predicted octanol–water partition coefficient (Wildman–Crippen LogP) is 3.81. The first-order chi connectivity index (χ1) is 8.27. The number of anilines is 2. The highest BCUT2D eigenvalue weighted by Gasteiger charge is 2.14. The van der Waals surface area contributed by atoms with Gasteiger partial charge in [-0.1, -0.05) is 25.7 Å². The molecule has 3 nitrogen and oxygen atoms in total. The maximum Gasteiger partial charge on any atom is 0.0750 e. The van der Waals surface area contributed by atoms with Crippen LogP contribution in [0.3, 0.4) is 0 Å². The maximum absolute atomic E-state index is 5.87. The Bertz CT molecular complexity index is 341. The molecule has 0 unspecified atom stereocenters. The Morgan fingerprint density at radius 3 is 2.82 bits per heavy atom. The quantitative estimate of drug-likeness (QED) is 0.813. The monoisotopic (exact) mass is 297 g/mol. The fourth-order valence-electron chi connectivity index (χ4n) is 2.54. The van der Waals surface area contributed by atoms with Crippen molar-refractivity contribution in [1.82, 2.24) is 4.98 Å². The molecule has 1 saturated carbocycles. The van der Waals surface area contributed by atoms with Gasteiger partial charge in [0, 0.05) is 12.7 Å². The van der Waals surface area contributed by atoms with Crippen LogP contribution in [-0.4, -0.2) is 11.5 Å². The second kappa shape index (κ2) is 6.24. The molecule has 0 aromatic carbocycles. The summed E-state index contributed by atoms with van der Waals surface area (Å²) < 4.78 is 0.943. The molecule has 2 rings (SSSR count). The van der Waals surface area contributed by atoms with Crippen molar-refractivity contribution in [2.45, 2.75) is 38.5 Å². The number of nitrogen functional groups attached to an aromatic ring is 1. The minimum atomic E-state index is 0.709. The zero-order valence-electron chi connectivity index (χ0n) is 10.1. The van der Waals surface area contributed by atoms with Crippen LogP contribution in [0, 0.1) is 5.92 Å². The minimum absolute atomic E-state index is 0.709. The van der Waals surface area contributed by atoms with E-state index in [4.69, 9.17) is 5.73 Å². The molecule has 0 amide bonds. The molecule has 1 aliphatic carbocycles. The third-order valence-corrected chi connectivity index (χ3v) is 4.10. The fraction of sp³-hybridized carbons (Fsp3) is 0.615. The smallest absolute Gasteiger partial charge is 0.0750 e. The van der Waals surface area contributed by atoms with E-state index in [0.717, 1.165) is 22.6 Å². The second-order valence-corrected chi connectivity index (χ2v) is 5.66. The van der Waals surface area contributed by atoms with Crippen molar-refractivity contribution in [1.29, 1.82) is 0 Å². The number of pyridine rings is 1. The van der Waals surface area contributed by atoms with E-state index < -0.39 is 0 Å². The Hall–Kier alpha value is -0.770. The highest BCUT2D eigenvalue weighted by Crippen LogP contribution is 2.29. The van der Waals surface area contributed by atoms with Crippen LogP contribution in [-0.2, 0) is 0 Å². The van der Waals surface area contributed by atoms with E-state index in [1.54, 1.807) is 12.4 Å². The molecule has 0 saturated heterocycles. The number of aromatic nitrogens is 1. The second-order valence-electron chi connectivity index (χ2n) is 4.81. The molecule has 4 heteroatoms. The van der Waals surface area contributed by atoms with Gasteiger partial charge in [0.2, 0.25) is 0 Å². The molecule has 1 heterocycles. The average Bonchev–Trinajstić information content (AvgIpc) is 2.80. The van der Waals surface area contributed by atoms with Crippen molar-refractivity contribution < 1.29 is 0 Å². The summed E-state index contributed by atoms with van der Waals surface area (Å²) in [6.45, 7) is 0.989. The van der Waals surface area contributed by atoms with Crippen LogP contribution in [0.1, 0.15) is 38.5 Å². The summed E-state index contributed by atoms with van der Waals surface area (Å²) in [7, 11) is 0. The summed E-state index contributed by atoms with van der Waals surface area (Å²) in [6, 6.07) is 0. The van der Waals surface area contributed by atoms with E-state index in [2.05, 4.69) is 26.2 Å². The molecule has 1 fully saturated rings. The summed E-state index contributed by atoms with van der Waals surface area (Å²) in [5, 5.41) is 3.39. The van der Waals surface area contributed by atoms with Gasteiger partial charge in [-0.25, -0.2) is 0 Å². The van der Waals surface area contributed by atoms with Gasteiger partial charge in [0.05, 0.1) is 22.0 Å². The van der Waals surface area contributed by atoms with Crippen molar-refractivity contribution >= 4 is 27.3 Å². The van der Waals surface area contributed by atoms with Gasteiger partial charge >= 0.3 is 0 Å². The van der Waals surface area contributed by atoms with Crippen LogP contribution in [0.5, 0.6) is 0 Å². The lowest BCUT2D eigenvalue weighted by Gasteiger charge is -2.12. The summed E-state index contributed by atoms with van der Waals surface area (Å²) in [6.07, 6.45) is 11.7. The van der Waals surface area contributed by atoms with Crippen molar-refractivity contribution in [3.63, 3.8) is 0 Å². The van der Waals surface area contributed by atoms with Gasteiger partial charge < -0.3 is 11.1 Å². The molecule has 1 aromatic rings. The van der Waals surface area contributed by atoms with Gasteiger partial charge in [0.15, 0.2) is 0 Å². The molecule has 94 valence electrons. The van der Waals surface area contributed by atoms with Gasteiger partial charge in [-0.2, -0.15) is 0 Å². The molecule has 1 aliphatic rings. The Kier molecular flexibility index (Phi) is 4.66. The largest absolute Gasteiger partial charge is 0.396 e. The molecular weight excluding hydrogens is 278 g/mol. The lowest BCUT2D eigenvalue weighted by molar-refractivity contribution is 0.491. The van der Waals surface area contributed by atoms with Crippen LogP contribution in [0.25, 0.3) is 0 Å². The number of nitrogens with zero attached hydrogens (tertiary/aromatic N) is 1. The summed E-state index contributed by atoms with van der Waals surface area (Å²) in [4.78, 5) is 4.02. The number of nitrogens with two attached hydrogens (primary N) is 1. The van der Waals surface area contributed by atoms with Crippen molar-refractivity contribution in [2.24, 2.45) is 5.92 Å². The number of nitrogens with one attached hydrogen (secondary N) is 1. The minimum Gasteiger partial charge on any atom is -0.396 e. The molecule has 0 radical (unpaired) electrons. The number of hydrogen-bond donors (Lipinski definition) is 2. The molecule has 17 heavy (non-hydrogen) atoms. The molecule has 3 N–H and O–H groups in total. The summed E-state index contributed by atoms with van der Waals surface area (Å²) in [5.74, 6) is 0.968. The van der Waals surface area contributed by atoms with E-state index in [0.29, 0.717) is 5.69 Å². The van der Waals surface area contributed by atoms with Crippen LogP contribution < -0.4 is 11.1 Å². The first-order valence-corrected chi connectivity index (χ1v) is 7.19.